The van der Waals surface area contributed by atoms with E-state index in [9.17, 15) is 5.11 Å². The molecular formula is C20H28N6O. The number of rotatable bonds is 8. The van der Waals surface area contributed by atoms with Crippen molar-refractivity contribution >= 4 is 22.9 Å². The number of fused-ring (bicyclic) bond motifs is 1. The van der Waals surface area contributed by atoms with E-state index in [0.29, 0.717) is 18.3 Å². The zero-order valence-electron chi connectivity index (χ0n) is 16.4. The fourth-order valence-corrected chi connectivity index (χ4v) is 3.03. The van der Waals surface area contributed by atoms with Crippen LogP contribution in [0.15, 0.2) is 36.7 Å². The zero-order valence-corrected chi connectivity index (χ0v) is 16.4. The van der Waals surface area contributed by atoms with Crippen LogP contribution in [0, 0.1) is 0 Å². The van der Waals surface area contributed by atoms with Gasteiger partial charge in [0.1, 0.15) is 0 Å². The van der Waals surface area contributed by atoms with Gasteiger partial charge in [-0.15, -0.1) is 0 Å². The van der Waals surface area contributed by atoms with Crippen LogP contribution in [0.4, 0.5) is 11.8 Å². The predicted octanol–water partition coefficient (Wildman–Crippen LogP) is 3.23. The minimum Gasteiger partial charge on any atom is -0.394 e. The Hall–Kier alpha value is -2.67. The molecule has 0 amide bonds. The summed E-state index contributed by atoms with van der Waals surface area (Å²) in [6.45, 7) is 6.97. The van der Waals surface area contributed by atoms with Crippen molar-refractivity contribution in [3.05, 3.63) is 42.2 Å². The van der Waals surface area contributed by atoms with Crippen molar-refractivity contribution in [2.75, 3.05) is 23.9 Å². The molecule has 1 aromatic carbocycles. The second kappa shape index (κ2) is 8.35. The highest BCUT2D eigenvalue weighted by Gasteiger charge is 2.20. The van der Waals surface area contributed by atoms with E-state index in [1.165, 1.54) is 5.56 Å². The first-order valence-electron chi connectivity index (χ1n) is 9.41. The van der Waals surface area contributed by atoms with Crippen molar-refractivity contribution in [3.63, 3.8) is 0 Å². The van der Waals surface area contributed by atoms with Crippen LogP contribution < -0.4 is 10.2 Å². The summed E-state index contributed by atoms with van der Waals surface area (Å²) < 4.78 is 2.04. The molecule has 3 rings (SSSR count). The predicted molar refractivity (Wildman–Crippen MR) is 109 cm³/mol. The van der Waals surface area contributed by atoms with Gasteiger partial charge in [-0.3, -0.25) is 0 Å². The molecule has 0 bridgehead atoms. The fraction of sp³-hybridized carbons (Fsp3) is 0.450. The molecule has 0 unspecified atom stereocenters. The Bertz CT molecular complexity index is 873. The van der Waals surface area contributed by atoms with Gasteiger partial charge in [0.25, 0.3) is 0 Å². The molecule has 7 nitrogen and oxygen atoms in total. The summed E-state index contributed by atoms with van der Waals surface area (Å²) in [5.41, 5.74) is 2.73. The van der Waals surface area contributed by atoms with Gasteiger partial charge < -0.3 is 19.9 Å². The van der Waals surface area contributed by atoms with Gasteiger partial charge in [0.2, 0.25) is 5.95 Å². The fourth-order valence-electron chi connectivity index (χ4n) is 3.03. The lowest BCUT2D eigenvalue weighted by Crippen LogP contribution is -2.35. The SMILES string of the molecule is CC[C@H](CO)N(C)c1nc(NCc2ccccc2)c2ncn(C(C)C)c2n1. The first-order valence-corrected chi connectivity index (χ1v) is 9.41. The molecule has 1 atom stereocenters. The number of aliphatic hydroxyl groups is 1. The van der Waals surface area contributed by atoms with Crippen LogP contribution in [0.25, 0.3) is 11.2 Å². The molecule has 0 aliphatic carbocycles. The number of benzene rings is 1. The van der Waals surface area contributed by atoms with Gasteiger partial charge in [0.05, 0.1) is 19.0 Å². The second-order valence-electron chi connectivity index (χ2n) is 6.98. The van der Waals surface area contributed by atoms with Gasteiger partial charge in [0, 0.05) is 19.6 Å². The Morgan fingerprint density at radius 1 is 1.19 bits per heavy atom. The van der Waals surface area contributed by atoms with Crippen molar-refractivity contribution in [2.45, 2.75) is 45.8 Å². The molecule has 0 fully saturated rings. The van der Waals surface area contributed by atoms with Gasteiger partial charge in [-0.1, -0.05) is 37.3 Å². The third-order valence-electron chi connectivity index (χ3n) is 4.81. The molecule has 0 radical (unpaired) electrons. The summed E-state index contributed by atoms with van der Waals surface area (Å²) in [4.78, 5) is 16.0. The minimum absolute atomic E-state index is 0.0279. The zero-order chi connectivity index (χ0) is 19.4. The monoisotopic (exact) mass is 368 g/mol. The molecule has 144 valence electrons. The van der Waals surface area contributed by atoms with E-state index in [0.717, 1.165) is 17.6 Å². The maximum absolute atomic E-state index is 9.66. The van der Waals surface area contributed by atoms with Gasteiger partial charge in [-0.2, -0.15) is 9.97 Å². The molecule has 2 N–H and O–H groups in total. The van der Waals surface area contributed by atoms with Crippen LogP contribution in [-0.4, -0.2) is 44.3 Å². The number of hydrogen-bond donors (Lipinski definition) is 2. The van der Waals surface area contributed by atoms with Gasteiger partial charge >= 0.3 is 0 Å². The summed E-state index contributed by atoms with van der Waals surface area (Å²) in [6, 6.07) is 10.4. The van der Waals surface area contributed by atoms with E-state index in [1.807, 2.05) is 48.0 Å². The standard InChI is InChI=1S/C20H28N6O/c1-5-16(12-27)25(4)20-23-18(21-11-15-9-7-6-8-10-15)17-19(24-20)26(13-22-17)14(2)3/h6-10,13-14,16,27H,5,11-12H2,1-4H3,(H,21,23,24)/t16-/m1/s1. The second-order valence-corrected chi connectivity index (χ2v) is 6.98. The van der Waals surface area contributed by atoms with E-state index >= 15 is 0 Å². The minimum atomic E-state index is -0.0279. The summed E-state index contributed by atoms with van der Waals surface area (Å²) in [6.07, 6.45) is 2.62. The lowest BCUT2D eigenvalue weighted by atomic mass is 10.2. The molecule has 2 aromatic heterocycles. The normalized spacial score (nSPS) is 12.5. The van der Waals surface area contributed by atoms with Gasteiger partial charge in [-0.05, 0) is 25.8 Å². The van der Waals surface area contributed by atoms with E-state index in [4.69, 9.17) is 9.97 Å². The molecular weight excluding hydrogens is 340 g/mol. The van der Waals surface area contributed by atoms with Crippen LogP contribution in [0.2, 0.25) is 0 Å². The maximum atomic E-state index is 9.66. The van der Waals surface area contributed by atoms with Crippen molar-refractivity contribution in [1.29, 1.82) is 0 Å². The molecule has 0 spiro atoms. The molecule has 0 aliphatic rings. The Kier molecular flexibility index (Phi) is 5.91. The first kappa shape index (κ1) is 19.1. The van der Waals surface area contributed by atoms with Crippen LogP contribution >= 0.6 is 0 Å². The van der Waals surface area contributed by atoms with Gasteiger partial charge in [0.15, 0.2) is 17.0 Å². The quantitative estimate of drug-likeness (QED) is 0.635. The lowest BCUT2D eigenvalue weighted by molar-refractivity contribution is 0.258. The van der Waals surface area contributed by atoms with E-state index < -0.39 is 0 Å². The third-order valence-corrected chi connectivity index (χ3v) is 4.81. The molecule has 2 heterocycles. The molecule has 3 aromatic rings. The Balaban J connectivity index is 2.02. The van der Waals surface area contributed by atoms with E-state index in [2.05, 4.69) is 36.3 Å². The summed E-state index contributed by atoms with van der Waals surface area (Å²) >= 11 is 0. The summed E-state index contributed by atoms with van der Waals surface area (Å²) in [5, 5.41) is 13.1. The van der Waals surface area contributed by atoms with Crippen LogP contribution in [-0.2, 0) is 6.54 Å². The Morgan fingerprint density at radius 2 is 1.93 bits per heavy atom. The van der Waals surface area contributed by atoms with Crippen LogP contribution in [0.3, 0.4) is 0 Å². The smallest absolute Gasteiger partial charge is 0.229 e. The lowest BCUT2D eigenvalue weighted by Gasteiger charge is -2.26. The highest BCUT2D eigenvalue weighted by Crippen LogP contribution is 2.25. The molecule has 27 heavy (non-hydrogen) atoms. The number of aromatic nitrogens is 4. The molecule has 0 saturated heterocycles. The van der Waals surface area contributed by atoms with Crippen molar-refractivity contribution < 1.29 is 5.11 Å². The maximum Gasteiger partial charge on any atom is 0.229 e. The number of aliphatic hydroxyl groups excluding tert-OH is 1. The van der Waals surface area contributed by atoms with Crippen molar-refractivity contribution in [2.24, 2.45) is 0 Å². The number of hydrogen-bond acceptors (Lipinski definition) is 6. The largest absolute Gasteiger partial charge is 0.394 e. The molecule has 7 heteroatoms. The molecule has 0 aliphatic heterocycles. The Labute approximate surface area is 160 Å². The van der Waals surface area contributed by atoms with Crippen molar-refractivity contribution in [3.8, 4) is 0 Å². The Morgan fingerprint density at radius 3 is 2.56 bits per heavy atom. The van der Waals surface area contributed by atoms with Crippen LogP contribution in [0.1, 0.15) is 38.8 Å². The average Bonchev–Trinajstić information content (AvgIpc) is 3.12. The number of nitrogens with zero attached hydrogens (tertiary/aromatic N) is 5. The van der Waals surface area contributed by atoms with Gasteiger partial charge in [-0.25, -0.2) is 4.98 Å². The van der Waals surface area contributed by atoms with Crippen LogP contribution in [0.5, 0.6) is 0 Å². The topological polar surface area (TPSA) is 79.1 Å². The van der Waals surface area contributed by atoms with Crippen molar-refractivity contribution in [1.82, 2.24) is 19.5 Å². The number of nitrogens with one attached hydrogen (secondary N) is 1. The summed E-state index contributed by atoms with van der Waals surface area (Å²) in [5.74, 6) is 1.29. The molecule has 0 saturated carbocycles. The number of anilines is 2. The number of imidazole rings is 1. The third kappa shape index (κ3) is 4.03. The summed E-state index contributed by atoms with van der Waals surface area (Å²) in [7, 11) is 1.92. The first-order chi connectivity index (χ1) is 13.0. The highest BCUT2D eigenvalue weighted by molar-refractivity contribution is 5.84. The highest BCUT2D eigenvalue weighted by atomic mass is 16.3. The number of likely N-dealkylation sites (N-methyl/N-ethyl adjacent to an activating group) is 1. The van der Waals surface area contributed by atoms with E-state index in [-0.39, 0.29) is 18.7 Å². The van der Waals surface area contributed by atoms with E-state index in [1.54, 1.807) is 0 Å². The average molecular weight is 368 g/mol.